The zero-order valence-electron chi connectivity index (χ0n) is 18.7. The van der Waals surface area contributed by atoms with E-state index in [4.69, 9.17) is 0 Å². The predicted molar refractivity (Wildman–Crippen MR) is 123 cm³/mol. The van der Waals surface area contributed by atoms with Gasteiger partial charge < -0.3 is 0 Å². The van der Waals surface area contributed by atoms with Crippen molar-refractivity contribution in [2.45, 2.75) is 112 Å². The Morgan fingerprint density at radius 1 is 0.519 bits per heavy atom. The molecule has 0 N–H and O–H groups in total. The van der Waals surface area contributed by atoms with Gasteiger partial charge in [0.2, 0.25) is 0 Å². The first kappa shape index (κ1) is 22.0. The summed E-state index contributed by atoms with van der Waals surface area (Å²) in [4.78, 5) is 0. The van der Waals surface area contributed by atoms with Crippen LogP contribution in [0.3, 0.4) is 0 Å². The van der Waals surface area contributed by atoms with Gasteiger partial charge in [0.25, 0.3) is 0 Å². The maximum atomic E-state index is 2.43. The molecule has 0 aliphatic carbocycles. The SMILES string of the molecule is CCCCc1c(CCC)c(CCC)c2c(CCC)cccc2c1CCCC. The highest BCUT2D eigenvalue weighted by Gasteiger charge is 2.19. The number of unbranched alkanes of at least 4 members (excludes halogenated alkanes) is 2. The van der Waals surface area contributed by atoms with Crippen molar-refractivity contribution < 1.29 is 0 Å². The number of fused-ring (bicyclic) bond motifs is 1. The molecule has 0 heteroatoms. The molecule has 27 heavy (non-hydrogen) atoms. The second kappa shape index (κ2) is 11.5. The van der Waals surface area contributed by atoms with Crippen LogP contribution in [0.15, 0.2) is 18.2 Å². The van der Waals surface area contributed by atoms with E-state index in [1.165, 1.54) is 77.0 Å². The van der Waals surface area contributed by atoms with E-state index in [-0.39, 0.29) is 0 Å². The topological polar surface area (TPSA) is 0 Å². The summed E-state index contributed by atoms with van der Waals surface area (Å²) >= 11 is 0. The van der Waals surface area contributed by atoms with Crippen LogP contribution in [0.1, 0.15) is 107 Å². The molecule has 0 nitrogen and oxygen atoms in total. The highest BCUT2D eigenvalue weighted by Crippen LogP contribution is 2.37. The summed E-state index contributed by atoms with van der Waals surface area (Å²) in [6.07, 6.45) is 15.2. The summed E-state index contributed by atoms with van der Waals surface area (Å²) in [5, 5.41) is 3.22. The smallest absolute Gasteiger partial charge is 0.0114 e. The van der Waals surface area contributed by atoms with Crippen molar-refractivity contribution in [3.8, 4) is 0 Å². The number of benzene rings is 2. The lowest BCUT2D eigenvalue weighted by molar-refractivity contribution is 0.744. The molecule has 150 valence electrons. The Balaban J connectivity index is 2.86. The molecule has 0 atom stereocenters. The molecule has 0 unspecified atom stereocenters. The molecule has 0 bridgehead atoms. The fraction of sp³-hybridized carbons (Fsp3) is 0.630. The lowest BCUT2D eigenvalue weighted by atomic mass is 9.80. The highest BCUT2D eigenvalue weighted by atomic mass is 14.2. The van der Waals surface area contributed by atoms with E-state index < -0.39 is 0 Å². The Kier molecular flexibility index (Phi) is 9.39. The van der Waals surface area contributed by atoms with Crippen molar-refractivity contribution in [3.05, 3.63) is 46.0 Å². The van der Waals surface area contributed by atoms with Crippen LogP contribution < -0.4 is 0 Å². The first-order valence-electron chi connectivity index (χ1n) is 11.8. The van der Waals surface area contributed by atoms with E-state index in [0.717, 1.165) is 0 Å². The summed E-state index contributed by atoms with van der Waals surface area (Å²) in [7, 11) is 0. The molecular formula is C27H42. The number of rotatable bonds is 12. The summed E-state index contributed by atoms with van der Waals surface area (Å²) < 4.78 is 0. The number of aryl methyl sites for hydroxylation is 3. The van der Waals surface area contributed by atoms with Gasteiger partial charge in [0.15, 0.2) is 0 Å². The lowest BCUT2D eigenvalue weighted by Gasteiger charge is -2.24. The van der Waals surface area contributed by atoms with Crippen molar-refractivity contribution in [3.63, 3.8) is 0 Å². The van der Waals surface area contributed by atoms with E-state index in [0.29, 0.717) is 0 Å². The van der Waals surface area contributed by atoms with Gasteiger partial charge in [-0.05, 0) is 83.5 Å². The minimum atomic E-state index is 1.21. The van der Waals surface area contributed by atoms with Gasteiger partial charge in [-0.25, -0.2) is 0 Å². The van der Waals surface area contributed by atoms with Crippen molar-refractivity contribution >= 4 is 10.8 Å². The van der Waals surface area contributed by atoms with Crippen LogP contribution in [0.5, 0.6) is 0 Å². The monoisotopic (exact) mass is 366 g/mol. The molecule has 0 saturated heterocycles. The second-order valence-corrected chi connectivity index (χ2v) is 8.21. The van der Waals surface area contributed by atoms with Gasteiger partial charge >= 0.3 is 0 Å². The van der Waals surface area contributed by atoms with Crippen molar-refractivity contribution in [1.82, 2.24) is 0 Å². The van der Waals surface area contributed by atoms with Crippen LogP contribution >= 0.6 is 0 Å². The standard InChI is InChI=1S/C27H42/c1-6-11-18-23-22(15-9-4)25(16-10-5)27-21(14-8-3)17-13-20-26(27)24(23)19-12-7-2/h13,17,20H,6-12,14-16,18-19H2,1-5H3. The third-order valence-electron chi connectivity index (χ3n) is 5.95. The van der Waals surface area contributed by atoms with Crippen LogP contribution in [0.4, 0.5) is 0 Å². The maximum absolute atomic E-state index is 2.43. The molecule has 0 heterocycles. The van der Waals surface area contributed by atoms with Gasteiger partial charge in [-0.2, -0.15) is 0 Å². The molecule has 0 saturated carbocycles. The molecule has 0 radical (unpaired) electrons. The molecule has 0 amide bonds. The Hall–Kier alpha value is -1.30. The van der Waals surface area contributed by atoms with E-state index in [1.54, 1.807) is 38.6 Å². The van der Waals surface area contributed by atoms with E-state index in [9.17, 15) is 0 Å². The minimum absolute atomic E-state index is 1.21. The predicted octanol–water partition coefficient (Wildman–Crippen LogP) is 8.38. The summed E-state index contributed by atoms with van der Waals surface area (Å²) in [6.45, 7) is 11.7. The quantitative estimate of drug-likeness (QED) is 0.354. The number of hydrogen-bond acceptors (Lipinski definition) is 0. The van der Waals surface area contributed by atoms with Crippen LogP contribution in [0, 0.1) is 0 Å². The Morgan fingerprint density at radius 3 is 1.67 bits per heavy atom. The highest BCUT2D eigenvalue weighted by molar-refractivity contribution is 5.94. The maximum Gasteiger partial charge on any atom is -0.0114 e. The molecule has 2 aromatic rings. The molecule has 0 aliphatic rings. The fourth-order valence-corrected chi connectivity index (χ4v) is 4.74. The van der Waals surface area contributed by atoms with Crippen LogP contribution in [0.2, 0.25) is 0 Å². The van der Waals surface area contributed by atoms with Crippen LogP contribution in [0.25, 0.3) is 10.8 Å². The largest absolute Gasteiger partial charge is 0.0654 e. The molecule has 0 spiro atoms. The first-order chi connectivity index (χ1) is 13.2. The molecule has 2 aromatic carbocycles. The van der Waals surface area contributed by atoms with Crippen molar-refractivity contribution in [2.75, 3.05) is 0 Å². The zero-order chi connectivity index (χ0) is 19.6. The van der Waals surface area contributed by atoms with E-state index in [2.05, 4.69) is 52.8 Å². The summed E-state index contributed by atoms with van der Waals surface area (Å²) in [5.41, 5.74) is 8.45. The molecular weight excluding hydrogens is 324 g/mol. The molecule has 0 aliphatic heterocycles. The van der Waals surface area contributed by atoms with Gasteiger partial charge in [-0.3, -0.25) is 0 Å². The normalized spacial score (nSPS) is 11.4. The summed E-state index contributed by atoms with van der Waals surface area (Å²) in [6, 6.07) is 7.15. The van der Waals surface area contributed by atoms with Crippen LogP contribution in [-0.2, 0) is 32.1 Å². The number of hydrogen-bond donors (Lipinski definition) is 0. The van der Waals surface area contributed by atoms with E-state index >= 15 is 0 Å². The van der Waals surface area contributed by atoms with Crippen molar-refractivity contribution in [1.29, 1.82) is 0 Å². The van der Waals surface area contributed by atoms with Crippen molar-refractivity contribution in [2.24, 2.45) is 0 Å². The van der Waals surface area contributed by atoms with Gasteiger partial charge in [-0.15, -0.1) is 0 Å². The fourth-order valence-electron chi connectivity index (χ4n) is 4.74. The third-order valence-corrected chi connectivity index (χ3v) is 5.95. The Labute approximate surface area is 168 Å². The van der Waals surface area contributed by atoms with Gasteiger partial charge in [-0.1, -0.05) is 84.9 Å². The molecule has 2 rings (SSSR count). The van der Waals surface area contributed by atoms with Gasteiger partial charge in [0, 0.05) is 0 Å². The zero-order valence-corrected chi connectivity index (χ0v) is 18.7. The molecule has 0 aromatic heterocycles. The Bertz CT molecular complexity index is 708. The molecule has 0 fully saturated rings. The Morgan fingerprint density at radius 2 is 1.07 bits per heavy atom. The first-order valence-corrected chi connectivity index (χ1v) is 11.8. The van der Waals surface area contributed by atoms with Gasteiger partial charge in [0.05, 0.1) is 0 Å². The average molecular weight is 367 g/mol. The summed E-state index contributed by atoms with van der Waals surface area (Å²) in [5.74, 6) is 0. The second-order valence-electron chi connectivity index (χ2n) is 8.21. The van der Waals surface area contributed by atoms with Crippen LogP contribution in [-0.4, -0.2) is 0 Å². The van der Waals surface area contributed by atoms with E-state index in [1.807, 2.05) is 0 Å². The minimum Gasteiger partial charge on any atom is -0.0654 e. The average Bonchev–Trinajstić information content (AvgIpc) is 2.68. The lowest BCUT2D eigenvalue weighted by Crippen LogP contribution is -2.09. The third kappa shape index (κ3) is 5.15. The van der Waals surface area contributed by atoms with Gasteiger partial charge in [0.1, 0.15) is 0 Å².